The van der Waals surface area contributed by atoms with E-state index < -0.39 is 15.4 Å². The molecule has 1 aromatic carbocycles. The van der Waals surface area contributed by atoms with Gasteiger partial charge in [-0.25, -0.2) is 12.7 Å². The number of carbonyl (C=O) groups is 1. The molecule has 8 heteroatoms. The lowest BCUT2D eigenvalue weighted by atomic mass is 9.76. The first-order valence-electron chi connectivity index (χ1n) is 12.1. The number of esters is 1. The molecule has 3 aliphatic heterocycles. The Kier molecular flexibility index (Phi) is 5.97. The van der Waals surface area contributed by atoms with Gasteiger partial charge >= 0.3 is 5.97 Å². The minimum Gasteiger partial charge on any atom is -0.462 e. The summed E-state index contributed by atoms with van der Waals surface area (Å²) in [6.45, 7) is 8.05. The molecule has 1 aliphatic carbocycles. The number of sulfonamides is 1. The second kappa shape index (κ2) is 8.61. The molecule has 1 atom stereocenters. The van der Waals surface area contributed by atoms with Crippen LogP contribution < -0.4 is 4.90 Å². The number of hydrogen-bond donors (Lipinski definition) is 0. The molecular weight excluding hydrogens is 426 g/mol. The molecule has 4 fully saturated rings. The van der Waals surface area contributed by atoms with E-state index in [1.807, 2.05) is 0 Å². The largest absolute Gasteiger partial charge is 0.462 e. The average Bonchev–Trinajstić information content (AvgIpc) is 3.61. The van der Waals surface area contributed by atoms with Crippen molar-refractivity contribution in [2.24, 2.45) is 5.41 Å². The van der Waals surface area contributed by atoms with Gasteiger partial charge in [0, 0.05) is 57.9 Å². The Bertz CT molecular complexity index is 928. The second-order valence-corrected chi connectivity index (χ2v) is 12.3. The zero-order valence-electron chi connectivity index (χ0n) is 19.0. The van der Waals surface area contributed by atoms with Gasteiger partial charge in [-0.2, -0.15) is 0 Å². The van der Waals surface area contributed by atoms with E-state index in [-0.39, 0.29) is 17.3 Å². The summed E-state index contributed by atoms with van der Waals surface area (Å²) < 4.78 is 32.4. The SMILES string of the molecule is Cc1ccc(N2CCN(CC[C@H]3CC4(CCN(S(=O)(=O)C5CC5)CC4)C(=O)O3)CC2)cc1. The zero-order valence-corrected chi connectivity index (χ0v) is 19.9. The third kappa shape index (κ3) is 4.41. The van der Waals surface area contributed by atoms with Crippen LogP contribution in [0.25, 0.3) is 0 Å². The third-order valence-electron chi connectivity index (χ3n) is 7.85. The van der Waals surface area contributed by atoms with Gasteiger partial charge in [0.05, 0.1) is 10.7 Å². The summed E-state index contributed by atoms with van der Waals surface area (Å²) in [5.74, 6) is -0.102. The standard InChI is InChI=1S/C24H35N3O4S/c1-19-2-4-20(5-3-19)26-16-14-25(15-17-26)11-8-21-18-24(23(28)31-21)9-12-27(13-10-24)32(29,30)22-6-7-22/h2-5,21-22H,6-18H2,1H3/t21-/m0/s1. The van der Waals surface area contributed by atoms with E-state index in [4.69, 9.17) is 4.74 Å². The number of ether oxygens (including phenoxy) is 1. The fourth-order valence-electron chi connectivity index (χ4n) is 5.46. The first-order chi connectivity index (χ1) is 15.4. The van der Waals surface area contributed by atoms with E-state index in [1.54, 1.807) is 4.31 Å². The molecule has 7 nitrogen and oxygen atoms in total. The number of carbonyl (C=O) groups excluding carboxylic acids is 1. The van der Waals surface area contributed by atoms with Gasteiger partial charge in [-0.3, -0.25) is 9.69 Å². The summed E-state index contributed by atoms with van der Waals surface area (Å²) >= 11 is 0. The van der Waals surface area contributed by atoms with E-state index in [1.165, 1.54) is 11.3 Å². The van der Waals surface area contributed by atoms with Crippen LogP contribution in [-0.4, -0.2) is 80.8 Å². The predicted octanol–water partition coefficient (Wildman–Crippen LogP) is 2.40. The van der Waals surface area contributed by atoms with Crippen molar-refractivity contribution in [3.63, 3.8) is 0 Å². The molecule has 3 saturated heterocycles. The molecule has 0 bridgehead atoms. The summed E-state index contributed by atoms with van der Waals surface area (Å²) in [7, 11) is -3.15. The van der Waals surface area contributed by atoms with Crippen molar-refractivity contribution in [1.29, 1.82) is 0 Å². The van der Waals surface area contributed by atoms with E-state index in [9.17, 15) is 13.2 Å². The van der Waals surface area contributed by atoms with Gasteiger partial charge in [0.15, 0.2) is 0 Å². The van der Waals surface area contributed by atoms with Crippen LogP contribution in [0, 0.1) is 12.3 Å². The lowest BCUT2D eigenvalue weighted by Gasteiger charge is -2.36. The molecule has 0 aromatic heterocycles. The van der Waals surface area contributed by atoms with Crippen molar-refractivity contribution < 1.29 is 17.9 Å². The fraction of sp³-hybridized carbons (Fsp3) is 0.708. The van der Waals surface area contributed by atoms with Crippen molar-refractivity contribution in [2.45, 2.75) is 56.8 Å². The summed E-state index contributed by atoms with van der Waals surface area (Å²) in [5, 5.41) is -0.175. The molecule has 4 aliphatic rings. The van der Waals surface area contributed by atoms with Gasteiger partial charge in [0.1, 0.15) is 6.10 Å². The molecule has 1 spiro atoms. The summed E-state index contributed by atoms with van der Waals surface area (Å²) in [5.41, 5.74) is 2.10. The molecule has 0 radical (unpaired) electrons. The Labute approximate surface area is 191 Å². The molecule has 0 amide bonds. The highest BCUT2D eigenvalue weighted by Crippen LogP contribution is 2.45. The Morgan fingerprint density at radius 1 is 1.00 bits per heavy atom. The number of benzene rings is 1. The Hall–Kier alpha value is -1.64. The highest BCUT2D eigenvalue weighted by atomic mass is 32.2. The van der Waals surface area contributed by atoms with Crippen LogP contribution in [0.4, 0.5) is 5.69 Å². The van der Waals surface area contributed by atoms with Crippen LogP contribution >= 0.6 is 0 Å². The predicted molar refractivity (Wildman–Crippen MR) is 124 cm³/mol. The molecule has 176 valence electrons. The zero-order chi connectivity index (χ0) is 22.3. The number of hydrogen-bond acceptors (Lipinski definition) is 6. The second-order valence-electron chi connectivity index (χ2n) is 10.1. The van der Waals surface area contributed by atoms with Crippen molar-refractivity contribution in [3.05, 3.63) is 29.8 Å². The quantitative estimate of drug-likeness (QED) is 0.606. The van der Waals surface area contributed by atoms with Gasteiger partial charge in [0.25, 0.3) is 0 Å². The lowest BCUT2D eigenvalue weighted by Crippen LogP contribution is -2.47. The molecule has 5 rings (SSSR count). The van der Waals surface area contributed by atoms with Crippen LogP contribution in [0.2, 0.25) is 0 Å². The Morgan fingerprint density at radius 2 is 1.66 bits per heavy atom. The van der Waals surface area contributed by atoms with Crippen LogP contribution in [0.3, 0.4) is 0 Å². The summed E-state index contributed by atoms with van der Waals surface area (Å²) in [6, 6.07) is 8.73. The lowest BCUT2D eigenvalue weighted by molar-refractivity contribution is -0.150. The molecular formula is C24H35N3O4S. The van der Waals surface area contributed by atoms with E-state index in [0.29, 0.717) is 25.9 Å². The smallest absolute Gasteiger partial charge is 0.312 e. The van der Waals surface area contributed by atoms with Gasteiger partial charge < -0.3 is 9.64 Å². The van der Waals surface area contributed by atoms with E-state index >= 15 is 0 Å². The van der Waals surface area contributed by atoms with Crippen molar-refractivity contribution in [1.82, 2.24) is 9.21 Å². The van der Waals surface area contributed by atoms with Crippen LogP contribution in [0.5, 0.6) is 0 Å². The molecule has 0 unspecified atom stereocenters. The number of nitrogens with zero attached hydrogens (tertiary/aromatic N) is 3. The summed E-state index contributed by atoms with van der Waals surface area (Å²) in [6.07, 6.45) is 4.34. The molecule has 32 heavy (non-hydrogen) atoms. The number of aryl methyl sites for hydroxylation is 1. The maximum atomic E-state index is 12.7. The van der Waals surface area contributed by atoms with Gasteiger partial charge in [0.2, 0.25) is 10.0 Å². The van der Waals surface area contributed by atoms with Crippen molar-refractivity contribution in [2.75, 3.05) is 50.7 Å². The number of anilines is 1. The first kappa shape index (κ1) is 22.2. The van der Waals surface area contributed by atoms with Gasteiger partial charge in [-0.15, -0.1) is 0 Å². The van der Waals surface area contributed by atoms with Crippen molar-refractivity contribution >= 4 is 21.7 Å². The molecule has 0 N–H and O–H groups in total. The molecule has 1 aromatic rings. The molecule has 1 saturated carbocycles. The van der Waals surface area contributed by atoms with Gasteiger partial charge in [-0.05, 0) is 51.2 Å². The maximum Gasteiger partial charge on any atom is 0.312 e. The van der Waals surface area contributed by atoms with Gasteiger partial charge in [-0.1, -0.05) is 17.7 Å². The fourth-order valence-corrected chi connectivity index (χ4v) is 7.31. The van der Waals surface area contributed by atoms with Crippen LogP contribution in [0.15, 0.2) is 24.3 Å². The monoisotopic (exact) mass is 461 g/mol. The Balaban J connectivity index is 1.08. The van der Waals surface area contributed by atoms with Crippen LogP contribution in [-0.2, 0) is 19.6 Å². The minimum absolute atomic E-state index is 0.0378. The average molecular weight is 462 g/mol. The first-order valence-corrected chi connectivity index (χ1v) is 13.6. The third-order valence-corrected chi connectivity index (χ3v) is 10.2. The minimum atomic E-state index is -3.15. The number of piperazine rings is 1. The van der Waals surface area contributed by atoms with E-state index in [2.05, 4.69) is 41.0 Å². The number of rotatable bonds is 6. The highest BCUT2D eigenvalue weighted by Gasteiger charge is 2.52. The van der Waals surface area contributed by atoms with Crippen LogP contribution in [0.1, 0.15) is 44.1 Å². The van der Waals surface area contributed by atoms with E-state index in [0.717, 1.165) is 58.4 Å². The normalized spacial score (nSPS) is 27.1. The topological polar surface area (TPSA) is 70.2 Å². The summed E-state index contributed by atoms with van der Waals surface area (Å²) in [4.78, 5) is 17.6. The van der Waals surface area contributed by atoms with Crippen molar-refractivity contribution in [3.8, 4) is 0 Å². The molecule has 3 heterocycles. The number of piperidine rings is 1. The Morgan fingerprint density at radius 3 is 2.28 bits per heavy atom. The highest BCUT2D eigenvalue weighted by molar-refractivity contribution is 7.90. The maximum absolute atomic E-state index is 12.7. The number of cyclic esters (lactones) is 1.